The number of rotatable bonds is 1. The van der Waals surface area contributed by atoms with Gasteiger partial charge in [-0.05, 0) is 35.6 Å². The van der Waals surface area contributed by atoms with E-state index >= 15 is 0 Å². The van der Waals surface area contributed by atoms with Gasteiger partial charge < -0.3 is 9.47 Å². The minimum absolute atomic E-state index is 0.297. The van der Waals surface area contributed by atoms with Crippen molar-refractivity contribution in [2.45, 2.75) is 20.3 Å². The minimum Gasteiger partial charge on any atom is -0.454 e. The van der Waals surface area contributed by atoms with Crippen LogP contribution in [0.15, 0.2) is 23.2 Å². The van der Waals surface area contributed by atoms with Crippen molar-refractivity contribution in [3.8, 4) is 11.5 Å². The van der Waals surface area contributed by atoms with Crippen molar-refractivity contribution in [1.29, 1.82) is 0 Å². The second-order valence-corrected chi connectivity index (χ2v) is 5.17. The van der Waals surface area contributed by atoms with E-state index in [0.717, 1.165) is 30.0 Å². The Morgan fingerprint density at radius 2 is 2.00 bits per heavy atom. The van der Waals surface area contributed by atoms with Gasteiger partial charge in [0.2, 0.25) is 6.79 Å². The highest BCUT2D eigenvalue weighted by atomic mass is 16.7. The molecule has 0 saturated carbocycles. The fourth-order valence-electron chi connectivity index (χ4n) is 2.14. The molecule has 0 amide bonds. The van der Waals surface area contributed by atoms with Gasteiger partial charge in [-0.3, -0.25) is 4.99 Å². The van der Waals surface area contributed by atoms with E-state index in [0.29, 0.717) is 12.2 Å². The maximum absolute atomic E-state index is 5.37. The number of aliphatic imine (C=N–C) groups is 1. The molecule has 84 valence electrons. The molecule has 0 atom stereocenters. The van der Waals surface area contributed by atoms with Crippen LogP contribution in [0.4, 0.5) is 0 Å². The molecule has 1 aromatic rings. The summed E-state index contributed by atoms with van der Waals surface area (Å²) in [6.45, 7) is 5.74. The van der Waals surface area contributed by atoms with E-state index in [9.17, 15) is 0 Å². The molecule has 0 unspecified atom stereocenters. The van der Waals surface area contributed by atoms with Crippen LogP contribution >= 0.6 is 0 Å². The number of ether oxygens (including phenoxy) is 2. The average molecular weight is 217 g/mol. The number of nitrogens with zero attached hydrogens (tertiary/aromatic N) is 1. The van der Waals surface area contributed by atoms with Crippen LogP contribution < -0.4 is 9.47 Å². The highest BCUT2D eigenvalue weighted by molar-refractivity contribution is 6.02. The average Bonchev–Trinajstić information content (AvgIpc) is 2.82. The molecule has 3 rings (SSSR count). The molecule has 16 heavy (non-hydrogen) atoms. The minimum atomic E-state index is 0.297. The molecule has 0 N–H and O–H groups in total. The van der Waals surface area contributed by atoms with Crippen molar-refractivity contribution in [1.82, 2.24) is 0 Å². The van der Waals surface area contributed by atoms with E-state index in [1.165, 1.54) is 5.71 Å². The summed E-state index contributed by atoms with van der Waals surface area (Å²) in [5, 5.41) is 0. The van der Waals surface area contributed by atoms with Crippen molar-refractivity contribution >= 4 is 5.71 Å². The summed E-state index contributed by atoms with van der Waals surface area (Å²) in [6, 6.07) is 6.06. The van der Waals surface area contributed by atoms with Gasteiger partial charge in [0, 0.05) is 12.3 Å². The summed E-state index contributed by atoms with van der Waals surface area (Å²) in [5.41, 5.74) is 2.64. The lowest BCUT2D eigenvalue weighted by atomic mass is 9.88. The second-order valence-electron chi connectivity index (χ2n) is 5.17. The molecule has 0 spiro atoms. The lowest BCUT2D eigenvalue weighted by Gasteiger charge is -2.14. The molecule has 0 aromatic heterocycles. The van der Waals surface area contributed by atoms with Crippen LogP contribution in [0.1, 0.15) is 25.8 Å². The lowest BCUT2D eigenvalue weighted by molar-refractivity contribution is 0.174. The van der Waals surface area contributed by atoms with Crippen molar-refractivity contribution < 1.29 is 9.47 Å². The third kappa shape index (κ3) is 1.56. The predicted octanol–water partition coefficient (Wildman–Crippen LogP) is 2.63. The molecule has 0 bridgehead atoms. The summed E-state index contributed by atoms with van der Waals surface area (Å²) in [4.78, 5) is 4.60. The van der Waals surface area contributed by atoms with Crippen LogP contribution in [0.25, 0.3) is 0 Å². The second kappa shape index (κ2) is 3.24. The smallest absolute Gasteiger partial charge is 0.231 e. The summed E-state index contributed by atoms with van der Waals surface area (Å²) >= 11 is 0. The first kappa shape index (κ1) is 9.70. The fraction of sp³-hybridized carbons (Fsp3) is 0.462. The molecule has 2 aliphatic heterocycles. The van der Waals surface area contributed by atoms with E-state index in [2.05, 4.69) is 24.9 Å². The molecular weight excluding hydrogens is 202 g/mol. The topological polar surface area (TPSA) is 30.8 Å². The van der Waals surface area contributed by atoms with Gasteiger partial charge in [0.15, 0.2) is 11.5 Å². The lowest BCUT2D eigenvalue weighted by Crippen LogP contribution is -2.12. The zero-order valence-electron chi connectivity index (χ0n) is 9.62. The highest BCUT2D eigenvalue weighted by Crippen LogP contribution is 2.35. The normalized spacial score (nSPS) is 21.0. The maximum atomic E-state index is 5.37. The molecule has 3 nitrogen and oxygen atoms in total. The standard InChI is InChI=1S/C13H15NO2/c1-13(2)6-10(14-7-13)9-3-4-11-12(5-9)16-8-15-11/h3-5H,6-8H2,1-2H3. The molecule has 0 aliphatic carbocycles. The van der Waals surface area contributed by atoms with E-state index in [1.54, 1.807) is 0 Å². The van der Waals surface area contributed by atoms with Gasteiger partial charge in [-0.1, -0.05) is 13.8 Å². The third-order valence-corrected chi connectivity index (χ3v) is 3.05. The Morgan fingerprint density at radius 1 is 1.19 bits per heavy atom. The zero-order chi connectivity index (χ0) is 11.2. The molecule has 0 saturated heterocycles. The monoisotopic (exact) mass is 217 g/mol. The third-order valence-electron chi connectivity index (χ3n) is 3.05. The molecule has 0 radical (unpaired) electrons. The van der Waals surface area contributed by atoms with E-state index in [1.807, 2.05) is 12.1 Å². The SMILES string of the molecule is CC1(C)CN=C(c2ccc3c(c2)OCO3)C1. The number of benzene rings is 1. The molecule has 2 heterocycles. The molecule has 0 fully saturated rings. The van der Waals surface area contributed by atoms with E-state index < -0.39 is 0 Å². The maximum Gasteiger partial charge on any atom is 0.231 e. The zero-order valence-corrected chi connectivity index (χ0v) is 9.62. The van der Waals surface area contributed by atoms with Crippen molar-refractivity contribution in [3.05, 3.63) is 23.8 Å². The molecule has 3 heteroatoms. The van der Waals surface area contributed by atoms with Crippen LogP contribution in [0.5, 0.6) is 11.5 Å². The van der Waals surface area contributed by atoms with Crippen LogP contribution in [0.2, 0.25) is 0 Å². The Morgan fingerprint density at radius 3 is 2.75 bits per heavy atom. The summed E-state index contributed by atoms with van der Waals surface area (Å²) in [6.07, 6.45) is 1.03. The van der Waals surface area contributed by atoms with Crippen molar-refractivity contribution in [2.75, 3.05) is 13.3 Å². The summed E-state index contributed by atoms with van der Waals surface area (Å²) in [5.74, 6) is 1.67. The largest absolute Gasteiger partial charge is 0.454 e. The Bertz CT molecular complexity index is 463. The predicted molar refractivity (Wildman–Crippen MR) is 62.4 cm³/mol. The van der Waals surface area contributed by atoms with Crippen LogP contribution in [-0.4, -0.2) is 19.0 Å². The van der Waals surface area contributed by atoms with Gasteiger partial charge in [-0.15, -0.1) is 0 Å². The Balaban J connectivity index is 1.91. The quantitative estimate of drug-likeness (QED) is 0.724. The van der Waals surface area contributed by atoms with Gasteiger partial charge in [-0.2, -0.15) is 0 Å². The van der Waals surface area contributed by atoms with Crippen LogP contribution in [-0.2, 0) is 0 Å². The molecular formula is C13H15NO2. The summed E-state index contributed by atoms with van der Waals surface area (Å²) < 4.78 is 10.7. The first-order chi connectivity index (χ1) is 7.64. The van der Waals surface area contributed by atoms with Gasteiger partial charge >= 0.3 is 0 Å². The Labute approximate surface area is 95.1 Å². The van der Waals surface area contributed by atoms with Crippen molar-refractivity contribution in [3.63, 3.8) is 0 Å². The summed E-state index contributed by atoms with van der Waals surface area (Å²) in [7, 11) is 0. The van der Waals surface area contributed by atoms with Crippen LogP contribution in [0.3, 0.4) is 0 Å². The molecule has 2 aliphatic rings. The van der Waals surface area contributed by atoms with Gasteiger partial charge in [0.25, 0.3) is 0 Å². The van der Waals surface area contributed by atoms with Gasteiger partial charge in [-0.25, -0.2) is 0 Å². The first-order valence-electron chi connectivity index (χ1n) is 5.57. The molecule has 1 aromatic carbocycles. The van der Waals surface area contributed by atoms with Gasteiger partial charge in [0.1, 0.15) is 0 Å². The van der Waals surface area contributed by atoms with Crippen LogP contribution in [0, 0.1) is 5.41 Å². The fourth-order valence-corrected chi connectivity index (χ4v) is 2.14. The van der Waals surface area contributed by atoms with Crippen molar-refractivity contribution in [2.24, 2.45) is 10.4 Å². The number of hydrogen-bond acceptors (Lipinski definition) is 3. The highest BCUT2D eigenvalue weighted by Gasteiger charge is 2.27. The van der Waals surface area contributed by atoms with Gasteiger partial charge in [0.05, 0.1) is 0 Å². The Hall–Kier alpha value is -1.51. The number of hydrogen-bond donors (Lipinski definition) is 0. The number of fused-ring (bicyclic) bond motifs is 1. The van der Waals surface area contributed by atoms with E-state index in [4.69, 9.17) is 9.47 Å². The first-order valence-corrected chi connectivity index (χ1v) is 5.57. The van der Waals surface area contributed by atoms with E-state index in [-0.39, 0.29) is 0 Å². The Kier molecular flexibility index (Phi) is 1.96.